The average Bonchev–Trinajstić information content (AvgIpc) is 3.20. The second kappa shape index (κ2) is 5.19. The van der Waals surface area contributed by atoms with Crippen LogP contribution in [-0.2, 0) is 16.1 Å². The van der Waals surface area contributed by atoms with Gasteiger partial charge in [0.25, 0.3) is 5.91 Å². The standard InChI is InChI=1S/C16H22N2O2/c1-16(9-2-10-20-16)15(19)18(14-7-8-14)13-5-3-12(11-17)4-6-13/h3-6,14H,2,7-11,17H2,1H3. The lowest BCUT2D eigenvalue weighted by Gasteiger charge is -2.31. The normalized spacial score (nSPS) is 25.7. The number of hydrogen-bond donors (Lipinski definition) is 1. The molecule has 2 fully saturated rings. The fraction of sp³-hybridized carbons (Fsp3) is 0.562. The van der Waals surface area contributed by atoms with Crippen LogP contribution >= 0.6 is 0 Å². The molecule has 0 radical (unpaired) electrons. The maximum Gasteiger partial charge on any atom is 0.259 e. The van der Waals surface area contributed by atoms with Gasteiger partial charge in [0.2, 0.25) is 0 Å². The van der Waals surface area contributed by atoms with Crippen molar-refractivity contribution in [1.82, 2.24) is 0 Å². The van der Waals surface area contributed by atoms with E-state index < -0.39 is 5.60 Å². The van der Waals surface area contributed by atoms with Crippen LogP contribution in [0.3, 0.4) is 0 Å². The van der Waals surface area contributed by atoms with Gasteiger partial charge in [-0.3, -0.25) is 4.79 Å². The summed E-state index contributed by atoms with van der Waals surface area (Å²) < 4.78 is 5.72. The molecule has 3 rings (SSSR count). The maximum absolute atomic E-state index is 12.9. The minimum Gasteiger partial charge on any atom is -0.365 e. The quantitative estimate of drug-likeness (QED) is 0.916. The first-order valence-corrected chi connectivity index (χ1v) is 7.41. The molecule has 1 aliphatic carbocycles. The van der Waals surface area contributed by atoms with Gasteiger partial charge in [-0.1, -0.05) is 12.1 Å². The van der Waals surface area contributed by atoms with Gasteiger partial charge in [-0.2, -0.15) is 0 Å². The van der Waals surface area contributed by atoms with E-state index in [0.29, 0.717) is 19.2 Å². The van der Waals surface area contributed by atoms with E-state index >= 15 is 0 Å². The summed E-state index contributed by atoms with van der Waals surface area (Å²) in [5.41, 5.74) is 7.03. The Balaban J connectivity index is 1.86. The second-order valence-electron chi connectivity index (χ2n) is 5.96. The fourth-order valence-corrected chi connectivity index (χ4v) is 2.82. The van der Waals surface area contributed by atoms with Crippen molar-refractivity contribution in [3.63, 3.8) is 0 Å². The van der Waals surface area contributed by atoms with Crippen LogP contribution in [0.2, 0.25) is 0 Å². The zero-order valence-electron chi connectivity index (χ0n) is 12.0. The molecule has 4 nitrogen and oxygen atoms in total. The van der Waals surface area contributed by atoms with Crippen LogP contribution in [0.25, 0.3) is 0 Å². The second-order valence-corrected chi connectivity index (χ2v) is 5.96. The van der Waals surface area contributed by atoms with E-state index in [2.05, 4.69) is 0 Å². The Morgan fingerprint density at radius 2 is 2.10 bits per heavy atom. The lowest BCUT2D eigenvalue weighted by Crippen LogP contribution is -2.48. The molecule has 20 heavy (non-hydrogen) atoms. The Hall–Kier alpha value is -1.39. The number of hydrogen-bond acceptors (Lipinski definition) is 3. The van der Waals surface area contributed by atoms with Gasteiger partial charge in [-0.05, 0) is 50.3 Å². The van der Waals surface area contributed by atoms with E-state index in [1.54, 1.807) is 0 Å². The smallest absolute Gasteiger partial charge is 0.259 e. The lowest BCUT2D eigenvalue weighted by atomic mass is 10.00. The molecule has 1 aliphatic heterocycles. The summed E-state index contributed by atoms with van der Waals surface area (Å²) in [7, 11) is 0. The zero-order valence-corrected chi connectivity index (χ0v) is 12.0. The van der Waals surface area contributed by atoms with Crippen LogP contribution in [0.4, 0.5) is 5.69 Å². The van der Waals surface area contributed by atoms with E-state index in [1.165, 1.54) is 0 Å². The molecule has 1 atom stereocenters. The van der Waals surface area contributed by atoms with Crippen LogP contribution in [0.15, 0.2) is 24.3 Å². The van der Waals surface area contributed by atoms with Crippen molar-refractivity contribution in [2.45, 2.75) is 50.8 Å². The van der Waals surface area contributed by atoms with E-state index in [1.807, 2.05) is 36.1 Å². The van der Waals surface area contributed by atoms with E-state index in [-0.39, 0.29) is 5.91 Å². The number of benzene rings is 1. The van der Waals surface area contributed by atoms with Crippen molar-refractivity contribution in [2.24, 2.45) is 5.73 Å². The highest BCUT2D eigenvalue weighted by molar-refractivity contribution is 6.00. The van der Waals surface area contributed by atoms with Crippen molar-refractivity contribution in [3.05, 3.63) is 29.8 Å². The Labute approximate surface area is 119 Å². The largest absolute Gasteiger partial charge is 0.365 e. The Morgan fingerprint density at radius 3 is 2.60 bits per heavy atom. The number of rotatable bonds is 4. The molecule has 1 unspecified atom stereocenters. The van der Waals surface area contributed by atoms with E-state index in [4.69, 9.17) is 10.5 Å². The van der Waals surface area contributed by atoms with Gasteiger partial charge in [-0.15, -0.1) is 0 Å². The van der Waals surface area contributed by atoms with Gasteiger partial charge in [0.15, 0.2) is 0 Å². The molecule has 2 aliphatic rings. The summed E-state index contributed by atoms with van der Waals surface area (Å²) in [5, 5.41) is 0. The fourth-order valence-electron chi connectivity index (χ4n) is 2.82. The SMILES string of the molecule is CC1(C(=O)N(c2ccc(CN)cc2)C2CC2)CCCO1. The van der Waals surface area contributed by atoms with E-state index in [9.17, 15) is 4.79 Å². The van der Waals surface area contributed by atoms with E-state index in [0.717, 1.165) is 36.9 Å². The predicted octanol–water partition coefficient (Wildman–Crippen LogP) is 2.21. The molecule has 0 spiro atoms. The minimum absolute atomic E-state index is 0.109. The highest BCUT2D eigenvalue weighted by Gasteiger charge is 2.45. The molecule has 1 aromatic carbocycles. The first-order chi connectivity index (χ1) is 9.64. The monoisotopic (exact) mass is 274 g/mol. The van der Waals surface area contributed by atoms with Gasteiger partial charge in [0.05, 0.1) is 0 Å². The number of carbonyl (C=O) groups excluding carboxylic acids is 1. The molecule has 2 N–H and O–H groups in total. The van der Waals surface area contributed by atoms with Gasteiger partial charge in [-0.25, -0.2) is 0 Å². The molecule has 108 valence electrons. The molecule has 0 aromatic heterocycles. The van der Waals surface area contributed by atoms with Crippen molar-refractivity contribution in [2.75, 3.05) is 11.5 Å². The van der Waals surface area contributed by atoms with Gasteiger partial charge < -0.3 is 15.4 Å². The van der Waals surface area contributed by atoms with Crippen LogP contribution in [0.1, 0.15) is 38.2 Å². The van der Waals surface area contributed by atoms with Crippen molar-refractivity contribution < 1.29 is 9.53 Å². The number of carbonyl (C=O) groups is 1. The van der Waals surface area contributed by atoms with Crippen molar-refractivity contribution in [3.8, 4) is 0 Å². The number of amides is 1. The number of anilines is 1. The first-order valence-electron chi connectivity index (χ1n) is 7.41. The minimum atomic E-state index is -0.644. The lowest BCUT2D eigenvalue weighted by molar-refractivity contribution is -0.136. The van der Waals surface area contributed by atoms with Gasteiger partial charge in [0, 0.05) is 24.9 Å². The molecular formula is C16H22N2O2. The molecule has 1 heterocycles. The third kappa shape index (κ3) is 2.45. The molecule has 1 aromatic rings. The highest BCUT2D eigenvalue weighted by Crippen LogP contribution is 2.37. The van der Waals surface area contributed by atoms with Crippen LogP contribution < -0.4 is 10.6 Å². The van der Waals surface area contributed by atoms with Crippen LogP contribution in [0.5, 0.6) is 0 Å². The molecule has 1 saturated carbocycles. The third-order valence-electron chi connectivity index (χ3n) is 4.25. The maximum atomic E-state index is 12.9. The first kappa shape index (κ1) is 13.6. The molecule has 4 heteroatoms. The summed E-state index contributed by atoms with van der Waals surface area (Å²) in [6.07, 6.45) is 3.95. The Morgan fingerprint density at radius 1 is 1.40 bits per heavy atom. The summed E-state index contributed by atoms with van der Waals surface area (Å²) in [6, 6.07) is 8.33. The van der Waals surface area contributed by atoms with Crippen LogP contribution in [0, 0.1) is 0 Å². The zero-order chi connectivity index (χ0) is 14.2. The van der Waals surface area contributed by atoms with Gasteiger partial charge >= 0.3 is 0 Å². The molecular weight excluding hydrogens is 252 g/mol. The summed E-state index contributed by atoms with van der Waals surface area (Å²) in [6.45, 7) is 3.14. The topological polar surface area (TPSA) is 55.6 Å². The third-order valence-corrected chi connectivity index (χ3v) is 4.25. The summed E-state index contributed by atoms with van der Waals surface area (Å²) >= 11 is 0. The average molecular weight is 274 g/mol. The van der Waals surface area contributed by atoms with Crippen LogP contribution in [-0.4, -0.2) is 24.2 Å². The molecule has 0 bridgehead atoms. The molecule has 1 amide bonds. The Bertz CT molecular complexity index is 488. The number of nitrogens with two attached hydrogens (primary N) is 1. The van der Waals surface area contributed by atoms with Crippen molar-refractivity contribution in [1.29, 1.82) is 0 Å². The number of nitrogens with zero attached hydrogens (tertiary/aromatic N) is 1. The van der Waals surface area contributed by atoms with Crippen molar-refractivity contribution >= 4 is 11.6 Å². The molecule has 1 saturated heterocycles. The summed E-state index contributed by atoms with van der Waals surface area (Å²) in [5.74, 6) is 0.109. The Kier molecular flexibility index (Phi) is 3.52. The predicted molar refractivity (Wildman–Crippen MR) is 78.4 cm³/mol. The number of ether oxygens (including phenoxy) is 1. The highest BCUT2D eigenvalue weighted by atomic mass is 16.5. The summed E-state index contributed by atoms with van der Waals surface area (Å²) in [4.78, 5) is 14.8. The van der Waals surface area contributed by atoms with Gasteiger partial charge in [0.1, 0.15) is 5.60 Å².